The van der Waals surface area contributed by atoms with Crippen LogP contribution in [-0.4, -0.2) is 74.9 Å². The molecule has 8 heteroatoms. The van der Waals surface area contributed by atoms with Crippen LogP contribution in [0.4, 0.5) is 4.79 Å². The molecule has 1 heterocycles. The van der Waals surface area contributed by atoms with E-state index in [2.05, 4.69) is 0 Å². The molecule has 1 amide bonds. The van der Waals surface area contributed by atoms with Crippen LogP contribution < -0.4 is 0 Å². The van der Waals surface area contributed by atoms with Gasteiger partial charge in [-0.1, -0.05) is 12.1 Å². The maximum absolute atomic E-state index is 11.8. The molecule has 0 unspecified atom stereocenters. The summed E-state index contributed by atoms with van der Waals surface area (Å²) >= 11 is 0. The number of hydrogen-bond acceptors (Lipinski definition) is 6. The van der Waals surface area contributed by atoms with Crippen LogP contribution >= 0.6 is 0 Å². The molecule has 0 radical (unpaired) electrons. The van der Waals surface area contributed by atoms with Crippen LogP contribution in [0.25, 0.3) is 0 Å². The second kappa shape index (κ2) is 10.6. The summed E-state index contributed by atoms with van der Waals surface area (Å²) in [5, 5.41) is 0. The highest BCUT2D eigenvalue weighted by molar-refractivity contribution is 6.51. The topological polar surface area (TPSA) is 66.5 Å². The lowest BCUT2D eigenvalue weighted by Crippen LogP contribution is -2.41. The van der Waals surface area contributed by atoms with Gasteiger partial charge in [0.05, 0.1) is 31.0 Å². The van der Waals surface area contributed by atoms with Gasteiger partial charge in [0.1, 0.15) is 5.60 Å². The monoisotopic (exact) mass is 399 g/mol. The molecule has 1 aliphatic rings. The maximum atomic E-state index is 11.8. The molecule has 0 aromatic rings. The van der Waals surface area contributed by atoms with Crippen molar-refractivity contribution in [3.63, 3.8) is 0 Å². The van der Waals surface area contributed by atoms with E-state index in [0.717, 1.165) is 6.42 Å². The Morgan fingerprint density at radius 2 is 1.61 bits per heavy atom. The molecule has 0 aromatic heterocycles. The van der Waals surface area contributed by atoms with E-state index in [1.165, 1.54) is 0 Å². The van der Waals surface area contributed by atoms with Crippen LogP contribution in [0.15, 0.2) is 12.1 Å². The molecule has 1 saturated heterocycles. The molecular weight excluding hydrogens is 361 g/mol. The molecule has 0 aromatic carbocycles. The lowest BCUT2D eigenvalue weighted by Gasteiger charge is -2.32. The Morgan fingerprint density at radius 3 is 2.18 bits per heavy atom. The van der Waals surface area contributed by atoms with E-state index in [4.69, 9.17) is 23.5 Å². The molecule has 7 nitrogen and oxygen atoms in total. The molecule has 1 aliphatic heterocycles. The first kappa shape index (κ1) is 25.0. The van der Waals surface area contributed by atoms with Gasteiger partial charge in [0, 0.05) is 20.2 Å². The zero-order chi connectivity index (χ0) is 21.4. The molecule has 1 rings (SSSR count). The highest BCUT2D eigenvalue weighted by atomic mass is 16.7. The van der Waals surface area contributed by atoms with E-state index in [9.17, 15) is 4.79 Å². The molecular formula is C20H38BNO6. The van der Waals surface area contributed by atoms with Gasteiger partial charge in [0.2, 0.25) is 0 Å². The Hall–Kier alpha value is -1.09. The van der Waals surface area contributed by atoms with Crippen LogP contribution in [-0.2, 0) is 23.5 Å². The quantitative estimate of drug-likeness (QED) is 0.414. The average Bonchev–Trinajstić information content (AvgIpc) is 2.74. The Labute approximate surface area is 170 Å². The number of carbonyl (C=O) groups is 1. The fourth-order valence-corrected chi connectivity index (χ4v) is 2.34. The summed E-state index contributed by atoms with van der Waals surface area (Å²) in [6.07, 6.45) is 2.33. The zero-order valence-electron chi connectivity index (χ0n) is 18.9. The number of hydrogen-bond donors (Lipinski definition) is 0. The van der Waals surface area contributed by atoms with Crippen molar-refractivity contribution in [2.45, 2.75) is 71.7 Å². The molecule has 0 spiro atoms. The van der Waals surface area contributed by atoms with Gasteiger partial charge in [-0.15, -0.1) is 0 Å². The van der Waals surface area contributed by atoms with Crippen LogP contribution in [0.5, 0.6) is 0 Å². The third-order valence-electron chi connectivity index (χ3n) is 4.64. The summed E-state index contributed by atoms with van der Waals surface area (Å²) in [6.45, 7) is 16.3. The second-order valence-corrected chi connectivity index (χ2v) is 9.00. The Bertz CT molecular complexity index is 499. The zero-order valence-corrected chi connectivity index (χ0v) is 18.9. The van der Waals surface area contributed by atoms with E-state index in [1.807, 2.05) is 60.5 Å². The first-order valence-electron chi connectivity index (χ1n) is 9.96. The molecule has 0 bridgehead atoms. The smallest absolute Gasteiger partial charge is 0.444 e. The SMILES string of the molecule is CN(CCCOCCOCC=CB1OC(C)(C)C(C)(C)O1)C(=O)OC(C)(C)C. The maximum Gasteiger partial charge on any atom is 0.486 e. The number of ether oxygens (including phenoxy) is 3. The molecule has 162 valence electrons. The van der Waals surface area contributed by atoms with Gasteiger partial charge in [0.25, 0.3) is 0 Å². The lowest BCUT2D eigenvalue weighted by molar-refractivity contribution is 0.00578. The van der Waals surface area contributed by atoms with Crippen molar-refractivity contribution in [2.24, 2.45) is 0 Å². The normalized spacial score (nSPS) is 18.6. The van der Waals surface area contributed by atoms with E-state index in [1.54, 1.807) is 11.9 Å². The lowest BCUT2D eigenvalue weighted by atomic mass is 9.90. The third kappa shape index (κ3) is 8.94. The molecule has 28 heavy (non-hydrogen) atoms. The van der Waals surface area contributed by atoms with Crippen LogP contribution in [0.2, 0.25) is 0 Å². The van der Waals surface area contributed by atoms with E-state index >= 15 is 0 Å². The molecule has 0 saturated carbocycles. The largest absolute Gasteiger partial charge is 0.486 e. The summed E-state index contributed by atoms with van der Waals surface area (Å²) in [5.74, 6) is 1.88. The summed E-state index contributed by atoms with van der Waals surface area (Å²) < 4.78 is 28.1. The van der Waals surface area contributed by atoms with Gasteiger partial charge < -0.3 is 28.4 Å². The van der Waals surface area contributed by atoms with Gasteiger partial charge in [0.15, 0.2) is 0 Å². The molecule has 0 N–H and O–H groups in total. The number of amides is 1. The van der Waals surface area contributed by atoms with Crippen molar-refractivity contribution in [1.82, 2.24) is 4.90 Å². The van der Waals surface area contributed by atoms with Crippen molar-refractivity contribution in [2.75, 3.05) is 40.0 Å². The van der Waals surface area contributed by atoms with Crippen molar-refractivity contribution in [1.29, 1.82) is 0 Å². The van der Waals surface area contributed by atoms with Crippen molar-refractivity contribution in [3.8, 4) is 0 Å². The molecule has 1 fully saturated rings. The summed E-state index contributed by atoms with van der Waals surface area (Å²) in [6, 6.07) is 0. The van der Waals surface area contributed by atoms with Gasteiger partial charge >= 0.3 is 13.2 Å². The molecule has 0 aliphatic carbocycles. The van der Waals surface area contributed by atoms with Gasteiger partial charge in [-0.2, -0.15) is 0 Å². The second-order valence-electron chi connectivity index (χ2n) is 9.00. The number of rotatable bonds is 10. The minimum Gasteiger partial charge on any atom is -0.444 e. The fourth-order valence-electron chi connectivity index (χ4n) is 2.34. The third-order valence-corrected chi connectivity index (χ3v) is 4.64. The standard InChI is InChI=1S/C20H38BNO6/c1-18(2,3)26-17(23)22(8)12-10-14-25-16-15-24-13-9-11-21-27-19(4,5)20(6,7)28-21/h9,11H,10,12-16H2,1-8H3. The molecule has 0 atom stereocenters. The predicted octanol–water partition coefficient (Wildman–Crippen LogP) is 3.46. The van der Waals surface area contributed by atoms with Gasteiger partial charge in [-0.05, 0) is 54.9 Å². The average molecular weight is 399 g/mol. The summed E-state index contributed by atoms with van der Waals surface area (Å²) in [4.78, 5) is 13.4. The van der Waals surface area contributed by atoms with Gasteiger partial charge in [-0.3, -0.25) is 0 Å². The predicted molar refractivity (Wildman–Crippen MR) is 110 cm³/mol. The fraction of sp³-hybridized carbons (Fsp3) is 0.850. The van der Waals surface area contributed by atoms with E-state index < -0.39 is 5.60 Å². The highest BCUT2D eigenvalue weighted by Crippen LogP contribution is 2.36. The first-order chi connectivity index (χ1) is 12.8. The van der Waals surface area contributed by atoms with Crippen LogP contribution in [0, 0.1) is 0 Å². The number of nitrogens with zero attached hydrogens (tertiary/aromatic N) is 1. The van der Waals surface area contributed by atoms with Crippen LogP contribution in [0.1, 0.15) is 54.9 Å². The summed E-state index contributed by atoms with van der Waals surface area (Å²) in [5.41, 5.74) is -1.13. The van der Waals surface area contributed by atoms with Crippen molar-refractivity contribution in [3.05, 3.63) is 12.1 Å². The van der Waals surface area contributed by atoms with Crippen LogP contribution in [0.3, 0.4) is 0 Å². The van der Waals surface area contributed by atoms with E-state index in [0.29, 0.717) is 33.0 Å². The first-order valence-corrected chi connectivity index (χ1v) is 9.96. The van der Waals surface area contributed by atoms with Crippen molar-refractivity contribution < 1.29 is 28.3 Å². The van der Waals surface area contributed by atoms with Crippen molar-refractivity contribution >= 4 is 13.2 Å². The Kier molecular flexibility index (Phi) is 9.47. The van der Waals surface area contributed by atoms with E-state index in [-0.39, 0.29) is 24.4 Å². The number of carbonyl (C=O) groups excluding carboxylic acids is 1. The summed E-state index contributed by atoms with van der Waals surface area (Å²) in [7, 11) is 1.38. The Balaban J connectivity index is 2.02. The Morgan fingerprint density at radius 1 is 1.04 bits per heavy atom. The minimum atomic E-state index is -0.476. The van der Waals surface area contributed by atoms with Gasteiger partial charge in [-0.25, -0.2) is 4.79 Å². The highest BCUT2D eigenvalue weighted by Gasteiger charge is 2.49. The minimum absolute atomic E-state index is 0.315.